The summed E-state index contributed by atoms with van der Waals surface area (Å²) in [5, 5.41) is 7.91. The number of likely N-dealkylation sites (tertiary alicyclic amines) is 1. The largest absolute Gasteiger partial charge is 0.399 e. The highest BCUT2D eigenvalue weighted by Gasteiger charge is 2.30. The molecule has 0 spiro atoms. The molecule has 2 heterocycles. The summed E-state index contributed by atoms with van der Waals surface area (Å²) in [5.41, 5.74) is 7.79. The number of piperidine rings is 1. The van der Waals surface area contributed by atoms with E-state index in [0.717, 1.165) is 23.9 Å². The second-order valence-electron chi connectivity index (χ2n) is 5.74. The van der Waals surface area contributed by atoms with Gasteiger partial charge in [-0.15, -0.1) is 0 Å². The number of anilines is 1. The number of nitrogens with one attached hydrogen (secondary N) is 1. The molecule has 0 aliphatic carbocycles. The van der Waals surface area contributed by atoms with Crippen molar-refractivity contribution in [2.75, 3.05) is 12.3 Å². The van der Waals surface area contributed by atoms with Crippen molar-refractivity contribution in [2.24, 2.45) is 5.92 Å². The molecule has 106 valence electrons. The summed E-state index contributed by atoms with van der Waals surface area (Å²) in [6, 6.07) is 5.73. The van der Waals surface area contributed by atoms with E-state index in [1.165, 1.54) is 6.42 Å². The van der Waals surface area contributed by atoms with Crippen LogP contribution in [0.3, 0.4) is 0 Å². The number of nitrogen functional groups attached to an aromatic ring is 1. The second kappa shape index (κ2) is 4.81. The molecule has 1 aromatic carbocycles. The molecule has 1 saturated heterocycles. The number of amides is 1. The number of nitrogens with two attached hydrogens (primary N) is 1. The fourth-order valence-electron chi connectivity index (χ4n) is 2.95. The molecule has 2 aromatic rings. The number of fused-ring (bicyclic) bond motifs is 1. The minimum absolute atomic E-state index is 0.000833. The SMILES string of the molecule is CC1CCCN(C(=O)c2n[nH]c3ccc(N)cc23)C1C. The molecule has 3 rings (SSSR count). The molecular weight excluding hydrogens is 252 g/mol. The van der Waals surface area contributed by atoms with Gasteiger partial charge in [0.25, 0.3) is 5.91 Å². The van der Waals surface area contributed by atoms with Crippen molar-refractivity contribution in [3.05, 3.63) is 23.9 Å². The first-order chi connectivity index (χ1) is 9.58. The lowest BCUT2D eigenvalue weighted by Gasteiger charge is -2.37. The van der Waals surface area contributed by atoms with Gasteiger partial charge >= 0.3 is 0 Å². The van der Waals surface area contributed by atoms with Crippen LogP contribution < -0.4 is 5.73 Å². The molecule has 5 nitrogen and oxygen atoms in total. The lowest BCUT2D eigenvalue weighted by molar-refractivity contribution is 0.0547. The molecule has 2 unspecified atom stereocenters. The highest BCUT2D eigenvalue weighted by atomic mass is 16.2. The Kier molecular flexibility index (Phi) is 3.12. The van der Waals surface area contributed by atoms with Crippen molar-refractivity contribution >= 4 is 22.5 Å². The van der Waals surface area contributed by atoms with E-state index < -0.39 is 0 Å². The zero-order chi connectivity index (χ0) is 14.3. The van der Waals surface area contributed by atoms with Crippen LogP contribution >= 0.6 is 0 Å². The Morgan fingerprint density at radius 2 is 2.25 bits per heavy atom. The molecule has 1 amide bonds. The van der Waals surface area contributed by atoms with Gasteiger partial charge in [-0.3, -0.25) is 9.89 Å². The minimum atomic E-state index is 0.000833. The van der Waals surface area contributed by atoms with E-state index in [4.69, 9.17) is 5.73 Å². The van der Waals surface area contributed by atoms with Crippen LogP contribution in [0.2, 0.25) is 0 Å². The molecule has 1 aliphatic rings. The van der Waals surface area contributed by atoms with Crippen molar-refractivity contribution in [1.29, 1.82) is 0 Å². The topological polar surface area (TPSA) is 75.0 Å². The van der Waals surface area contributed by atoms with Crippen molar-refractivity contribution in [1.82, 2.24) is 15.1 Å². The van der Waals surface area contributed by atoms with Gasteiger partial charge in [-0.05, 0) is 43.9 Å². The van der Waals surface area contributed by atoms with Gasteiger partial charge < -0.3 is 10.6 Å². The number of aromatic nitrogens is 2. The highest BCUT2D eigenvalue weighted by Crippen LogP contribution is 2.26. The van der Waals surface area contributed by atoms with Crippen LogP contribution in [0.15, 0.2) is 18.2 Å². The third kappa shape index (κ3) is 2.03. The van der Waals surface area contributed by atoms with Gasteiger partial charge in [-0.25, -0.2) is 0 Å². The summed E-state index contributed by atoms with van der Waals surface area (Å²) in [6.07, 6.45) is 2.24. The Morgan fingerprint density at radius 3 is 3.05 bits per heavy atom. The number of H-pyrrole nitrogens is 1. The first-order valence-corrected chi connectivity index (χ1v) is 7.12. The monoisotopic (exact) mass is 272 g/mol. The molecule has 0 bridgehead atoms. The summed E-state index contributed by atoms with van der Waals surface area (Å²) < 4.78 is 0. The van der Waals surface area contributed by atoms with Crippen molar-refractivity contribution in [3.63, 3.8) is 0 Å². The quantitative estimate of drug-likeness (QED) is 0.783. The number of rotatable bonds is 1. The lowest BCUT2D eigenvalue weighted by Crippen LogP contribution is -2.46. The van der Waals surface area contributed by atoms with Crippen LogP contribution in [-0.4, -0.2) is 33.6 Å². The summed E-state index contributed by atoms with van der Waals surface area (Å²) >= 11 is 0. The Hall–Kier alpha value is -2.04. The fourth-order valence-corrected chi connectivity index (χ4v) is 2.95. The fraction of sp³-hybridized carbons (Fsp3) is 0.467. The normalized spacial score (nSPS) is 23.2. The van der Waals surface area contributed by atoms with E-state index in [1.807, 2.05) is 17.0 Å². The molecule has 1 fully saturated rings. The Morgan fingerprint density at radius 1 is 1.45 bits per heavy atom. The maximum absolute atomic E-state index is 12.7. The average molecular weight is 272 g/mol. The van der Waals surface area contributed by atoms with Gasteiger partial charge in [0.1, 0.15) is 0 Å². The Bertz CT molecular complexity index is 648. The lowest BCUT2D eigenvalue weighted by atomic mass is 9.92. The standard InChI is InChI=1S/C15H20N4O/c1-9-4-3-7-19(10(9)2)15(20)14-12-8-11(16)5-6-13(12)17-18-14/h5-6,8-10H,3-4,7,16H2,1-2H3,(H,17,18). The summed E-state index contributed by atoms with van der Waals surface area (Å²) in [6.45, 7) is 5.12. The zero-order valence-electron chi connectivity index (χ0n) is 11.9. The van der Waals surface area contributed by atoms with Gasteiger partial charge in [-0.1, -0.05) is 6.92 Å². The number of hydrogen-bond acceptors (Lipinski definition) is 3. The molecule has 0 radical (unpaired) electrons. The van der Waals surface area contributed by atoms with Crippen LogP contribution in [0.25, 0.3) is 10.9 Å². The second-order valence-corrected chi connectivity index (χ2v) is 5.74. The van der Waals surface area contributed by atoms with E-state index in [2.05, 4.69) is 24.0 Å². The van der Waals surface area contributed by atoms with E-state index in [-0.39, 0.29) is 11.9 Å². The number of benzene rings is 1. The van der Waals surface area contributed by atoms with Gasteiger partial charge in [0.15, 0.2) is 5.69 Å². The molecule has 2 atom stereocenters. The van der Waals surface area contributed by atoms with Crippen LogP contribution in [0.4, 0.5) is 5.69 Å². The predicted molar refractivity (Wildman–Crippen MR) is 79.4 cm³/mol. The number of hydrogen-bond donors (Lipinski definition) is 2. The van der Waals surface area contributed by atoms with Crippen LogP contribution in [0, 0.1) is 5.92 Å². The van der Waals surface area contributed by atoms with Crippen LogP contribution in [-0.2, 0) is 0 Å². The van der Waals surface area contributed by atoms with E-state index in [1.54, 1.807) is 6.07 Å². The third-order valence-electron chi connectivity index (χ3n) is 4.42. The first kappa shape index (κ1) is 13.0. The summed E-state index contributed by atoms with van der Waals surface area (Å²) in [5.74, 6) is 0.531. The van der Waals surface area contributed by atoms with E-state index in [0.29, 0.717) is 17.3 Å². The van der Waals surface area contributed by atoms with E-state index in [9.17, 15) is 4.79 Å². The molecule has 0 saturated carbocycles. The van der Waals surface area contributed by atoms with Crippen LogP contribution in [0.1, 0.15) is 37.2 Å². The minimum Gasteiger partial charge on any atom is -0.399 e. The first-order valence-electron chi connectivity index (χ1n) is 7.12. The van der Waals surface area contributed by atoms with Crippen molar-refractivity contribution in [3.8, 4) is 0 Å². The molecule has 20 heavy (non-hydrogen) atoms. The summed E-state index contributed by atoms with van der Waals surface area (Å²) in [7, 11) is 0. The van der Waals surface area contributed by atoms with Crippen LogP contribution in [0.5, 0.6) is 0 Å². The summed E-state index contributed by atoms with van der Waals surface area (Å²) in [4.78, 5) is 14.7. The molecule has 1 aliphatic heterocycles. The smallest absolute Gasteiger partial charge is 0.275 e. The number of carbonyl (C=O) groups is 1. The van der Waals surface area contributed by atoms with Gasteiger partial charge in [0.2, 0.25) is 0 Å². The molecule has 3 N–H and O–H groups in total. The Labute approximate surface area is 118 Å². The number of nitrogens with zero attached hydrogens (tertiary/aromatic N) is 2. The predicted octanol–water partition coefficient (Wildman–Crippen LogP) is 2.41. The molecular formula is C15H20N4O. The van der Waals surface area contributed by atoms with Gasteiger partial charge in [-0.2, -0.15) is 5.10 Å². The maximum atomic E-state index is 12.7. The third-order valence-corrected chi connectivity index (χ3v) is 4.42. The van der Waals surface area contributed by atoms with E-state index >= 15 is 0 Å². The zero-order valence-corrected chi connectivity index (χ0v) is 11.9. The molecule has 1 aromatic heterocycles. The highest BCUT2D eigenvalue weighted by molar-refractivity contribution is 6.05. The Balaban J connectivity index is 1.98. The van der Waals surface area contributed by atoms with Gasteiger partial charge in [0, 0.05) is 23.7 Å². The number of carbonyl (C=O) groups excluding carboxylic acids is 1. The van der Waals surface area contributed by atoms with Crippen molar-refractivity contribution in [2.45, 2.75) is 32.7 Å². The van der Waals surface area contributed by atoms with Gasteiger partial charge in [0.05, 0.1) is 5.52 Å². The average Bonchev–Trinajstić information content (AvgIpc) is 2.84. The van der Waals surface area contributed by atoms with Crippen molar-refractivity contribution < 1.29 is 4.79 Å². The molecule has 5 heteroatoms. The number of aromatic amines is 1. The maximum Gasteiger partial charge on any atom is 0.275 e.